The van der Waals surface area contributed by atoms with E-state index >= 15 is 0 Å². The third-order valence-corrected chi connectivity index (χ3v) is 10.2. The number of nitrogens with zero attached hydrogens (tertiary/aromatic N) is 6. The van der Waals surface area contributed by atoms with Crippen LogP contribution in [0.4, 0.5) is 4.39 Å². The molecule has 50 heavy (non-hydrogen) atoms. The molecular formula is C39H44FN7O3. The van der Waals surface area contributed by atoms with Gasteiger partial charge in [-0.2, -0.15) is 0 Å². The van der Waals surface area contributed by atoms with Gasteiger partial charge in [0.1, 0.15) is 17.3 Å². The number of hydrogen-bond donors (Lipinski definition) is 1. The van der Waals surface area contributed by atoms with Crippen LogP contribution in [-0.2, 0) is 19.5 Å². The molecule has 2 aliphatic rings. The van der Waals surface area contributed by atoms with Crippen LogP contribution in [0.2, 0.25) is 0 Å². The molecule has 0 unspecified atom stereocenters. The monoisotopic (exact) mass is 677 g/mol. The molecule has 0 atom stereocenters. The highest BCUT2D eigenvalue weighted by Gasteiger charge is 2.29. The Morgan fingerprint density at radius 1 is 1.02 bits per heavy atom. The molecule has 7 rings (SSSR count). The molecule has 10 nitrogen and oxygen atoms in total. The van der Waals surface area contributed by atoms with Crippen molar-refractivity contribution in [2.24, 2.45) is 0 Å². The Balaban J connectivity index is 1.14. The molecule has 3 aromatic heterocycles. The van der Waals surface area contributed by atoms with Crippen LogP contribution in [0.5, 0.6) is 0 Å². The summed E-state index contributed by atoms with van der Waals surface area (Å²) in [4.78, 5) is 52.3. The van der Waals surface area contributed by atoms with Gasteiger partial charge in [0.15, 0.2) is 5.65 Å². The maximum atomic E-state index is 14.5. The number of carbonyl (C=O) groups excluding carboxylic acids is 1. The van der Waals surface area contributed by atoms with Gasteiger partial charge in [-0.25, -0.2) is 23.7 Å². The Kier molecular flexibility index (Phi) is 9.76. The number of rotatable bonds is 10. The number of benzene rings is 2. The van der Waals surface area contributed by atoms with Gasteiger partial charge in [-0.1, -0.05) is 49.7 Å². The summed E-state index contributed by atoms with van der Waals surface area (Å²) in [6.07, 6.45) is 10.4. The number of unbranched alkanes of at least 4 members (excludes halogenated alkanes) is 1. The molecule has 260 valence electrons. The smallest absolute Gasteiger partial charge is 0.337 e. The fraction of sp³-hybridized carbons (Fsp3) is 0.410. The molecule has 1 saturated carbocycles. The van der Waals surface area contributed by atoms with Crippen molar-refractivity contribution < 1.29 is 9.18 Å². The van der Waals surface area contributed by atoms with Gasteiger partial charge in [0.05, 0.1) is 17.3 Å². The Hall–Kier alpha value is -4.90. The summed E-state index contributed by atoms with van der Waals surface area (Å²) in [6, 6.07) is 16.6. The van der Waals surface area contributed by atoms with Gasteiger partial charge in [0, 0.05) is 37.8 Å². The van der Waals surface area contributed by atoms with E-state index in [1.54, 1.807) is 6.07 Å². The fourth-order valence-corrected chi connectivity index (χ4v) is 7.44. The molecule has 0 radical (unpaired) electrons. The highest BCUT2D eigenvalue weighted by atomic mass is 19.1. The van der Waals surface area contributed by atoms with Crippen LogP contribution in [-0.4, -0.2) is 54.1 Å². The minimum Gasteiger partial charge on any atom is -0.348 e. The van der Waals surface area contributed by atoms with Crippen LogP contribution >= 0.6 is 0 Å². The molecule has 1 N–H and O–H groups in total. The van der Waals surface area contributed by atoms with Gasteiger partial charge in [-0.15, -0.1) is 0 Å². The SMILES string of the molecule is CCCCN(C)Cc1ccc(-c2cccc(-n3c(=O)n(C4CCC(NC(=O)c5cn6c(n5)CCCC6)CC4)c(=O)c4cc(F)cnc43)c2)cc1. The quantitative estimate of drug-likeness (QED) is 0.194. The molecule has 2 aromatic carbocycles. The zero-order valence-electron chi connectivity index (χ0n) is 28.8. The van der Waals surface area contributed by atoms with Gasteiger partial charge in [-0.3, -0.25) is 14.2 Å². The van der Waals surface area contributed by atoms with Crippen molar-refractivity contribution in [3.63, 3.8) is 0 Å². The maximum Gasteiger partial charge on any atom is 0.337 e. The fourth-order valence-electron chi connectivity index (χ4n) is 7.44. The van der Waals surface area contributed by atoms with Crippen molar-refractivity contribution in [2.45, 2.75) is 89.9 Å². The molecule has 0 saturated heterocycles. The Morgan fingerprint density at radius 3 is 2.58 bits per heavy atom. The number of aryl methyl sites for hydroxylation is 2. The number of carbonyl (C=O) groups is 1. The van der Waals surface area contributed by atoms with Gasteiger partial charge >= 0.3 is 5.69 Å². The number of halogens is 1. The second-order valence-electron chi connectivity index (χ2n) is 13.8. The zero-order chi connectivity index (χ0) is 34.8. The standard InChI is InChI=1S/C39H44FN7O3/c1-3-4-19-44(2)24-26-11-13-27(14-12-26)28-8-7-9-32(21-28)46-36-33(22-29(40)23-41-36)38(49)47(39(46)50)31-17-15-30(16-18-31)42-37(48)34-25-45-20-6-5-10-35(45)43-34/h7-9,11-14,21-23,25,30-31H,3-6,10,15-20,24H2,1-2H3,(H,42,48). The number of nitrogens with one attached hydrogen (secondary N) is 1. The minimum atomic E-state index is -0.645. The van der Waals surface area contributed by atoms with Gasteiger partial charge in [-0.05, 0) is 93.4 Å². The first kappa shape index (κ1) is 33.6. The summed E-state index contributed by atoms with van der Waals surface area (Å²) >= 11 is 0. The predicted octanol–water partition coefficient (Wildman–Crippen LogP) is 6.03. The van der Waals surface area contributed by atoms with Crippen LogP contribution in [0.1, 0.15) is 86.2 Å². The lowest BCUT2D eigenvalue weighted by atomic mass is 9.90. The topological polar surface area (TPSA) is 107 Å². The van der Waals surface area contributed by atoms with Crippen molar-refractivity contribution >= 4 is 16.9 Å². The Labute approximate surface area is 290 Å². The number of hydrogen-bond acceptors (Lipinski definition) is 6. The largest absolute Gasteiger partial charge is 0.348 e. The van der Waals surface area contributed by atoms with E-state index in [4.69, 9.17) is 0 Å². The van der Waals surface area contributed by atoms with Crippen LogP contribution in [0.3, 0.4) is 0 Å². The first-order valence-corrected chi connectivity index (χ1v) is 17.9. The lowest BCUT2D eigenvalue weighted by Gasteiger charge is -2.30. The van der Waals surface area contributed by atoms with E-state index in [1.807, 2.05) is 24.4 Å². The average molecular weight is 678 g/mol. The molecule has 11 heteroatoms. The number of amides is 1. The summed E-state index contributed by atoms with van der Waals surface area (Å²) in [5, 5.41) is 3.16. The Bertz CT molecular complexity index is 2100. The average Bonchev–Trinajstić information content (AvgIpc) is 3.57. The Morgan fingerprint density at radius 2 is 1.82 bits per heavy atom. The van der Waals surface area contributed by atoms with Crippen LogP contribution in [0, 0.1) is 5.82 Å². The van der Waals surface area contributed by atoms with Gasteiger partial charge in [0.2, 0.25) is 0 Å². The van der Waals surface area contributed by atoms with Crippen molar-refractivity contribution in [3.8, 4) is 16.8 Å². The molecule has 1 aliphatic carbocycles. The summed E-state index contributed by atoms with van der Waals surface area (Å²) < 4.78 is 19.3. The minimum absolute atomic E-state index is 0.0470. The highest BCUT2D eigenvalue weighted by molar-refractivity contribution is 5.92. The normalized spacial score (nSPS) is 17.6. The van der Waals surface area contributed by atoms with E-state index in [-0.39, 0.29) is 23.0 Å². The third kappa shape index (κ3) is 6.92. The predicted molar refractivity (Wildman–Crippen MR) is 192 cm³/mol. The van der Waals surface area contributed by atoms with Gasteiger partial charge < -0.3 is 14.8 Å². The van der Waals surface area contributed by atoms with Crippen molar-refractivity contribution in [1.29, 1.82) is 0 Å². The zero-order valence-corrected chi connectivity index (χ0v) is 28.8. The lowest BCUT2D eigenvalue weighted by Crippen LogP contribution is -2.45. The first-order valence-electron chi connectivity index (χ1n) is 17.9. The second kappa shape index (κ2) is 14.5. The molecule has 0 spiro atoms. The van der Waals surface area contributed by atoms with E-state index < -0.39 is 23.1 Å². The summed E-state index contributed by atoms with van der Waals surface area (Å²) in [6.45, 7) is 4.99. The number of pyridine rings is 1. The van der Waals surface area contributed by atoms with Crippen molar-refractivity contribution in [1.82, 2.24) is 33.9 Å². The number of fused-ring (bicyclic) bond motifs is 2. The number of imidazole rings is 1. The summed E-state index contributed by atoms with van der Waals surface area (Å²) in [7, 11) is 2.13. The second-order valence-corrected chi connectivity index (χ2v) is 13.8. The van der Waals surface area contributed by atoms with E-state index in [0.29, 0.717) is 37.1 Å². The lowest BCUT2D eigenvalue weighted by molar-refractivity contribution is 0.0917. The van der Waals surface area contributed by atoms with E-state index in [1.165, 1.54) is 14.7 Å². The summed E-state index contributed by atoms with van der Waals surface area (Å²) in [5.74, 6) is 0.108. The van der Waals surface area contributed by atoms with Crippen LogP contribution in [0.15, 0.2) is 76.6 Å². The summed E-state index contributed by atoms with van der Waals surface area (Å²) in [5.41, 5.74) is 3.14. The first-order chi connectivity index (χ1) is 24.3. The van der Waals surface area contributed by atoms with Crippen molar-refractivity contribution in [2.75, 3.05) is 13.6 Å². The van der Waals surface area contributed by atoms with Crippen molar-refractivity contribution in [3.05, 3.63) is 111 Å². The van der Waals surface area contributed by atoms with Crippen LogP contribution < -0.4 is 16.6 Å². The number of aromatic nitrogens is 5. The van der Waals surface area contributed by atoms with Gasteiger partial charge in [0.25, 0.3) is 11.5 Å². The molecule has 1 amide bonds. The molecule has 1 aliphatic heterocycles. The molecular weight excluding hydrogens is 633 g/mol. The van der Waals surface area contributed by atoms with E-state index in [2.05, 4.69) is 63.0 Å². The van der Waals surface area contributed by atoms with E-state index in [0.717, 1.165) is 81.0 Å². The maximum absolute atomic E-state index is 14.5. The third-order valence-electron chi connectivity index (χ3n) is 10.2. The highest BCUT2D eigenvalue weighted by Crippen LogP contribution is 2.29. The molecule has 5 aromatic rings. The van der Waals surface area contributed by atoms with E-state index in [9.17, 15) is 18.8 Å². The van der Waals surface area contributed by atoms with Crippen LogP contribution in [0.25, 0.3) is 27.8 Å². The molecule has 0 bridgehead atoms. The molecule has 1 fully saturated rings. The molecule has 4 heterocycles.